The second kappa shape index (κ2) is 5.04. The summed E-state index contributed by atoms with van der Waals surface area (Å²) in [5.74, 6) is 0. The fourth-order valence-corrected chi connectivity index (χ4v) is 2.54. The third-order valence-corrected chi connectivity index (χ3v) is 4.18. The lowest BCUT2D eigenvalue weighted by atomic mass is 10.2. The van der Waals surface area contributed by atoms with Crippen LogP contribution in [0.15, 0.2) is 23.2 Å². The first kappa shape index (κ1) is 14.2. The topological polar surface area (TPSA) is 15.8 Å². The molecular formula is C10H5Cl3F3NS. The number of rotatable bonds is 3. The Kier molecular flexibility index (Phi) is 3.97. The number of H-pyrrole nitrogens is 1. The normalized spacial score (nSPS) is 14.1. The SMILES string of the molecule is FC(Cl)C(F)(F)Sc1cc2cc(Cl)c(Cl)cc2[nH]1. The molecule has 0 aliphatic heterocycles. The fraction of sp³-hybridized carbons (Fsp3) is 0.200. The Hall–Kier alpha value is -0.230. The van der Waals surface area contributed by atoms with Gasteiger partial charge in [-0.2, -0.15) is 8.78 Å². The first-order chi connectivity index (χ1) is 8.29. The lowest BCUT2D eigenvalue weighted by Crippen LogP contribution is -2.20. The molecule has 1 heterocycles. The van der Waals surface area contributed by atoms with Gasteiger partial charge in [-0.3, -0.25) is 0 Å². The van der Waals surface area contributed by atoms with Crippen LogP contribution in [0.1, 0.15) is 0 Å². The van der Waals surface area contributed by atoms with Crippen LogP contribution in [0, 0.1) is 0 Å². The highest BCUT2D eigenvalue weighted by Gasteiger charge is 2.40. The molecule has 1 aromatic heterocycles. The molecule has 0 fully saturated rings. The van der Waals surface area contributed by atoms with Crippen LogP contribution in [0.25, 0.3) is 10.9 Å². The molecule has 0 spiro atoms. The Balaban J connectivity index is 2.36. The van der Waals surface area contributed by atoms with Crippen molar-refractivity contribution in [3.63, 3.8) is 0 Å². The van der Waals surface area contributed by atoms with Gasteiger partial charge in [0.15, 0.2) is 0 Å². The molecule has 0 aliphatic carbocycles. The lowest BCUT2D eigenvalue weighted by Gasteiger charge is -2.13. The van der Waals surface area contributed by atoms with E-state index in [2.05, 4.69) is 4.98 Å². The van der Waals surface area contributed by atoms with E-state index in [1.165, 1.54) is 18.2 Å². The molecule has 8 heteroatoms. The first-order valence-electron chi connectivity index (χ1n) is 4.62. The molecule has 1 nitrogen and oxygen atoms in total. The number of fused-ring (bicyclic) bond motifs is 1. The van der Waals surface area contributed by atoms with Gasteiger partial charge in [0.05, 0.1) is 15.1 Å². The van der Waals surface area contributed by atoms with Gasteiger partial charge in [-0.15, -0.1) is 0 Å². The molecule has 0 saturated heterocycles. The Morgan fingerprint density at radius 1 is 1.17 bits per heavy atom. The van der Waals surface area contributed by atoms with Crippen molar-refractivity contribution >= 4 is 57.5 Å². The third kappa shape index (κ3) is 2.85. The summed E-state index contributed by atoms with van der Waals surface area (Å²) in [5, 5.41) is -2.41. The highest BCUT2D eigenvalue weighted by molar-refractivity contribution is 8.00. The van der Waals surface area contributed by atoms with Crippen LogP contribution in [0.5, 0.6) is 0 Å². The van der Waals surface area contributed by atoms with Crippen molar-refractivity contribution in [3.8, 4) is 0 Å². The van der Waals surface area contributed by atoms with Gasteiger partial charge in [0, 0.05) is 10.9 Å². The molecule has 2 aromatic rings. The molecular weight excluding hydrogens is 330 g/mol. The van der Waals surface area contributed by atoms with Crippen LogP contribution in [0.2, 0.25) is 10.0 Å². The Bertz CT molecular complexity index is 546. The van der Waals surface area contributed by atoms with E-state index in [0.29, 0.717) is 20.9 Å². The van der Waals surface area contributed by atoms with Gasteiger partial charge in [-0.1, -0.05) is 34.8 Å². The number of halogens is 6. The van der Waals surface area contributed by atoms with E-state index >= 15 is 0 Å². The zero-order valence-electron chi connectivity index (χ0n) is 8.49. The Morgan fingerprint density at radius 3 is 2.39 bits per heavy atom. The van der Waals surface area contributed by atoms with Crippen LogP contribution in [-0.4, -0.2) is 15.9 Å². The smallest absolute Gasteiger partial charge is 0.343 e. The van der Waals surface area contributed by atoms with E-state index in [-0.39, 0.29) is 16.8 Å². The molecule has 0 saturated carbocycles. The number of aromatic nitrogens is 1. The monoisotopic (exact) mass is 333 g/mol. The van der Waals surface area contributed by atoms with Gasteiger partial charge in [0.25, 0.3) is 0 Å². The van der Waals surface area contributed by atoms with Gasteiger partial charge in [0.1, 0.15) is 0 Å². The van der Waals surface area contributed by atoms with Crippen molar-refractivity contribution in [1.82, 2.24) is 4.98 Å². The molecule has 1 unspecified atom stereocenters. The number of benzene rings is 1. The minimum Gasteiger partial charge on any atom is -0.350 e. The van der Waals surface area contributed by atoms with Crippen LogP contribution in [0.4, 0.5) is 13.2 Å². The molecule has 0 bridgehead atoms. The van der Waals surface area contributed by atoms with Crippen LogP contribution < -0.4 is 0 Å². The van der Waals surface area contributed by atoms with E-state index < -0.39 is 10.9 Å². The van der Waals surface area contributed by atoms with Crippen molar-refractivity contribution in [2.45, 2.75) is 15.9 Å². The fourth-order valence-electron chi connectivity index (χ4n) is 1.35. The van der Waals surface area contributed by atoms with Gasteiger partial charge < -0.3 is 4.98 Å². The predicted molar refractivity (Wildman–Crippen MR) is 69.9 cm³/mol. The molecule has 1 atom stereocenters. The molecule has 18 heavy (non-hydrogen) atoms. The average Bonchev–Trinajstić information content (AvgIpc) is 2.59. The summed E-state index contributed by atoms with van der Waals surface area (Å²) in [7, 11) is 0. The summed E-state index contributed by atoms with van der Waals surface area (Å²) < 4.78 is 38.7. The molecule has 1 N–H and O–H groups in total. The molecule has 0 amide bonds. The number of hydrogen-bond donors (Lipinski definition) is 1. The maximum Gasteiger partial charge on any atom is 0.343 e. The van der Waals surface area contributed by atoms with Crippen molar-refractivity contribution in [2.75, 3.05) is 0 Å². The summed E-state index contributed by atoms with van der Waals surface area (Å²) in [5.41, 5.74) is -2.23. The van der Waals surface area contributed by atoms with Gasteiger partial charge in [-0.25, -0.2) is 4.39 Å². The molecule has 0 radical (unpaired) electrons. The third-order valence-electron chi connectivity index (χ3n) is 2.14. The van der Waals surface area contributed by atoms with Crippen molar-refractivity contribution in [2.24, 2.45) is 0 Å². The van der Waals surface area contributed by atoms with E-state index in [1.807, 2.05) is 0 Å². The number of hydrogen-bond acceptors (Lipinski definition) is 1. The summed E-state index contributed by atoms with van der Waals surface area (Å²) >= 11 is 16.4. The zero-order chi connectivity index (χ0) is 13.5. The standard InChI is InChI=1S/C10H5Cl3F3NS/c11-5-1-4-2-8(17-7(4)3-6(5)12)18-10(15,16)9(13)14/h1-3,9,17H. The summed E-state index contributed by atoms with van der Waals surface area (Å²) in [6.07, 6.45) is 0. The molecule has 0 aliphatic rings. The van der Waals surface area contributed by atoms with E-state index in [1.54, 1.807) is 0 Å². The van der Waals surface area contributed by atoms with Crippen LogP contribution in [0.3, 0.4) is 0 Å². The average molecular weight is 335 g/mol. The second-order valence-corrected chi connectivity index (χ2v) is 5.84. The summed E-state index contributed by atoms with van der Waals surface area (Å²) in [4.78, 5) is 2.69. The van der Waals surface area contributed by atoms with Crippen molar-refractivity contribution in [1.29, 1.82) is 0 Å². The minimum atomic E-state index is -3.71. The van der Waals surface area contributed by atoms with Gasteiger partial charge >= 0.3 is 5.25 Å². The van der Waals surface area contributed by atoms with E-state index in [0.717, 1.165) is 0 Å². The Labute approximate surface area is 120 Å². The number of alkyl halides is 4. The Morgan fingerprint density at radius 2 is 1.78 bits per heavy atom. The van der Waals surface area contributed by atoms with Crippen LogP contribution in [-0.2, 0) is 0 Å². The van der Waals surface area contributed by atoms with Gasteiger partial charge in [0.2, 0.25) is 5.63 Å². The number of nitrogens with one attached hydrogen (secondary N) is 1. The quantitative estimate of drug-likeness (QED) is 0.563. The second-order valence-electron chi connectivity index (χ2n) is 3.45. The summed E-state index contributed by atoms with van der Waals surface area (Å²) in [6, 6.07) is 4.47. The van der Waals surface area contributed by atoms with Gasteiger partial charge in [-0.05, 0) is 30.0 Å². The van der Waals surface area contributed by atoms with E-state index in [4.69, 9.17) is 34.8 Å². The number of aromatic amines is 1. The maximum absolute atomic E-state index is 13.1. The highest BCUT2D eigenvalue weighted by Crippen LogP contribution is 2.42. The lowest BCUT2D eigenvalue weighted by molar-refractivity contribution is 0.0536. The molecule has 98 valence electrons. The van der Waals surface area contributed by atoms with E-state index in [9.17, 15) is 13.2 Å². The van der Waals surface area contributed by atoms with Crippen LogP contribution >= 0.6 is 46.6 Å². The predicted octanol–water partition coefficient (Wildman–Crippen LogP) is 5.69. The largest absolute Gasteiger partial charge is 0.350 e. The minimum absolute atomic E-state index is 0.00944. The van der Waals surface area contributed by atoms with Crippen molar-refractivity contribution in [3.05, 3.63) is 28.2 Å². The zero-order valence-corrected chi connectivity index (χ0v) is 11.6. The van der Waals surface area contributed by atoms with Crippen molar-refractivity contribution < 1.29 is 13.2 Å². The molecule has 1 aromatic carbocycles. The number of thioether (sulfide) groups is 1. The highest BCUT2D eigenvalue weighted by atomic mass is 35.5. The molecule has 2 rings (SSSR count). The first-order valence-corrected chi connectivity index (χ1v) is 6.63. The maximum atomic E-state index is 13.1. The summed E-state index contributed by atoms with van der Waals surface area (Å²) in [6.45, 7) is 0.